The van der Waals surface area contributed by atoms with Crippen LogP contribution in [0.25, 0.3) is 22.0 Å². The standard InChI is InChI=1S/C31H32FN7O2/c1-3-39(4-2)16-17-41-31-33-20-26(32)30(36-31)34-24-14-15-27-25(19-24)29(38-37-27)35-28(40)18-21-10-12-23(13-11-21)22-8-6-5-7-9-22/h5-15,19-20H,3-4,16-18H2,1-2H3,(H,33,34,36)(H2,35,37,38,40). The quantitative estimate of drug-likeness (QED) is 0.179. The lowest BCUT2D eigenvalue weighted by Crippen LogP contribution is -2.28. The first-order valence-corrected chi connectivity index (χ1v) is 13.6. The minimum Gasteiger partial charge on any atom is -0.462 e. The zero-order valence-corrected chi connectivity index (χ0v) is 23.0. The number of hydrogen-bond acceptors (Lipinski definition) is 7. The molecular formula is C31H32FN7O2. The van der Waals surface area contributed by atoms with Crippen LogP contribution in [0.4, 0.5) is 21.7 Å². The summed E-state index contributed by atoms with van der Waals surface area (Å²) in [6.07, 6.45) is 1.28. The molecule has 0 atom stereocenters. The van der Waals surface area contributed by atoms with Crippen molar-refractivity contribution in [3.8, 4) is 17.1 Å². The number of benzene rings is 3. The second-order valence-electron chi connectivity index (χ2n) is 9.47. The van der Waals surface area contributed by atoms with Crippen LogP contribution in [0.3, 0.4) is 0 Å². The summed E-state index contributed by atoms with van der Waals surface area (Å²) < 4.78 is 20.2. The number of likely N-dealkylation sites (N-methyl/N-ethyl adjacent to an activating group) is 1. The van der Waals surface area contributed by atoms with E-state index in [1.54, 1.807) is 18.2 Å². The summed E-state index contributed by atoms with van der Waals surface area (Å²) in [6, 6.07) is 23.4. The molecule has 0 radical (unpaired) electrons. The van der Waals surface area contributed by atoms with Gasteiger partial charge in [-0.25, -0.2) is 9.37 Å². The third kappa shape index (κ3) is 7.03. The van der Waals surface area contributed by atoms with Gasteiger partial charge in [-0.1, -0.05) is 68.4 Å². The fourth-order valence-electron chi connectivity index (χ4n) is 4.45. The van der Waals surface area contributed by atoms with Crippen LogP contribution in [0.5, 0.6) is 6.01 Å². The Kier molecular flexibility index (Phi) is 8.80. The Morgan fingerprint density at radius 1 is 0.976 bits per heavy atom. The predicted octanol–water partition coefficient (Wildman–Crippen LogP) is 5.80. The van der Waals surface area contributed by atoms with E-state index in [1.165, 1.54) is 0 Å². The summed E-state index contributed by atoms with van der Waals surface area (Å²) in [7, 11) is 0. The van der Waals surface area contributed by atoms with E-state index in [1.807, 2.05) is 54.6 Å². The van der Waals surface area contributed by atoms with Crippen molar-refractivity contribution in [1.82, 2.24) is 25.1 Å². The number of carbonyl (C=O) groups excluding carboxylic acids is 1. The van der Waals surface area contributed by atoms with Gasteiger partial charge in [-0.05, 0) is 48.0 Å². The second kappa shape index (κ2) is 13.0. The Bertz CT molecular complexity index is 1600. The highest BCUT2D eigenvalue weighted by Crippen LogP contribution is 2.27. The van der Waals surface area contributed by atoms with Gasteiger partial charge in [0.1, 0.15) is 6.61 Å². The van der Waals surface area contributed by atoms with Crippen LogP contribution in [0.2, 0.25) is 0 Å². The lowest BCUT2D eigenvalue weighted by molar-refractivity contribution is -0.115. The molecule has 0 aliphatic rings. The maximum Gasteiger partial charge on any atom is 0.318 e. The number of amides is 1. The van der Waals surface area contributed by atoms with E-state index in [2.05, 4.69) is 49.5 Å². The topological polar surface area (TPSA) is 108 Å². The number of aromatic amines is 1. The molecule has 2 aromatic heterocycles. The number of aromatic nitrogens is 4. The van der Waals surface area contributed by atoms with Crippen LogP contribution in [0.1, 0.15) is 19.4 Å². The molecule has 3 N–H and O–H groups in total. The number of fused-ring (bicyclic) bond motifs is 1. The number of H-pyrrole nitrogens is 1. The van der Waals surface area contributed by atoms with E-state index in [9.17, 15) is 9.18 Å². The van der Waals surface area contributed by atoms with Gasteiger partial charge < -0.3 is 20.3 Å². The molecule has 0 unspecified atom stereocenters. The number of rotatable bonds is 12. The van der Waals surface area contributed by atoms with Gasteiger partial charge in [0.15, 0.2) is 17.5 Å². The number of ether oxygens (including phenoxy) is 1. The SMILES string of the molecule is CCN(CC)CCOc1ncc(F)c(Nc2ccc3[nH]nc(NC(=O)Cc4ccc(-c5ccccc5)cc4)c3c2)n1. The van der Waals surface area contributed by atoms with E-state index < -0.39 is 5.82 Å². The van der Waals surface area contributed by atoms with Gasteiger partial charge in [0.25, 0.3) is 0 Å². The van der Waals surface area contributed by atoms with Gasteiger partial charge in [0.2, 0.25) is 5.91 Å². The Morgan fingerprint density at radius 2 is 1.73 bits per heavy atom. The van der Waals surface area contributed by atoms with Gasteiger partial charge in [-0.3, -0.25) is 9.89 Å². The molecule has 210 valence electrons. The lowest BCUT2D eigenvalue weighted by atomic mass is 10.0. The maximum absolute atomic E-state index is 14.5. The Hall–Kier alpha value is -4.83. The molecule has 0 aliphatic heterocycles. The van der Waals surface area contributed by atoms with Crippen LogP contribution in [-0.2, 0) is 11.2 Å². The zero-order valence-electron chi connectivity index (χ0n) is 23.0. The van der Waals surface area contributed by atoms with E-state index in [0.717, 1.165) is 48.0 Å². The Labute approximate surface area is 237 Å². The minimum absolute atomic E-state index is 0.00906. The minimum atomic E-state index is -0.611. The highest BCUT2D eigenvalue weighted by Gasteiger charge is 2.13. The van der Waals surface area contributed by atoms with Crippen molar-refractivity contribution in [3.05, 3.63) is 90.4 Å². The monoisotopic (exact) mass is 553 g/mol. The number of carbonyl (C=O) groups is 1. The highest BCUT2D eigenvalue weighted by atomic mass is 19.1. The summed E-state index contributed by atoms with van der Waals surface area (Å²) in [5.41, 5.74) is 4.39. The van der Waals surface area contributed by atoms with Gasteiger partial charge in [-0.15, -0.1) is 0 Å². The van der Waals surface area contributed by atoms with Crippen molar-refractivity contribution in [3.63, 3.8) is 0 Å². The fourth-order valence-corrected chi connectivity index (χ4v) is 4.45. The number of nitrogens with zero attached hydrogens (tertiary/aromatic N) is 4. The Morgan fingerprint density at radius 3 is 2.49 bits per heavy atom. The third-order valence-electron chi connectivity index (χ3n) is 6.76. The van der Waals surface area contributed by atoms with E-state index in [4.69, 9.17) is 4.74 Å². The van der Waals surface area contributed by atoms with Gasteiger partial charge in [0, 0.05) is 17.6 Å². The van der Waals surface area contributed by atoms with Gasteiger partial charge in [-0.2, -0.15) is 10.1 Å². The van der Waals surface area contributed by atoms with Crippen molar-refractivity contribution >= 4 is 34.1 Å². The number of hydrogen-bond donors (Lipinski definition) is 3. The molecule has 0 saturated carbocycles. The van der Waals surface area contributed by atoms with Crippen molar-refractivity contribution in [1.29, 1.82) is 0 Å². The largest absolute Gasteiger partial charge is 0.462 e. The maximum atomic E-state index is 14.5. The van der Waals surface area contributed by atoms with Crippen molar-refractivity contribution in [2.75, 3.05) is 36.9 Å². The smallest absolute Gasteiger partial charge is 0.318 e. The molecule has 1 amide bonds. The summed E-state index contributed by atoms with van der Waals surface area (Å²) in [4.78, 5) is 23.2. The summed E-state index contributed by atoms with van der Waals surface area (Å²) in [5, 5.41) is 13.7. The van der Waals surface area contributed by atoms with Crippen LogP contribution >= 0.6 is 0 Å². The van der Waals surface area contributed by atoms with Crippen LogP contribution < -0.4 is 15.4 Å². The first-order valence-electron chi connectivity index (χ1n) is 13.6. The van der Waals surface area contributed by atoms with E-state index >= 15 is 0 Å². The molecule has 0 saturated heterocycles. The molecule has 5 aromatic rings. The number of nitrogens with one attached hydrogen (secondary N) is 3. The van der Waals surface area contributed by atoms with Gasteiger partial charge >= 0.3 is 6.01 Å². The molecule has 0 bridgehead atoms. The molecule has 0 fully saturated rings. The number of anilines is 3. The molecule has 0 spiro atoms. The average Bonchev–Trinajstić information content (AvgIpc) is 3.39. The first-order chi connectivity index (χ1) is 20.0. The number of halogens is 1. The lowest BCUT2D eigenvalue weighted by Gasteiger charge is -2.17. The van der Waals surface area contributed by atoms with E-state index in [0.29, 0.717) is 23.5 Å². The Balaban J connectivity index is 1.24. The van der Waals surface area contributed by atoms with Crippen LogP contribution in [-0.4, -0.2) is 57.2 Å². The van der Waals surface area contributed by atoms with Crippen molar-refractivity contribution < 1.29 is 13.9 Å². The molecule has 9 nitrogen and oxygen atoms in total. The third-order valence-corrected chi connectivity index (χ3v) is 6.76. The molecule has 0 aliphatic carbocycles. The molecule has 41 heavy (non-hydrogen) atoms. The van der Waals surface area contributed by atoms with Crippen molar-refractivity contribution in [2.24, 2.45) is 0 Å². The summed E-state index contributed by atoms with van der Waals surface area (Å²) in [5.74, 6) is -0.430. The van der Waals surface area contributed by atoms with Crippen LogP contribution in [0.15, 0.2) is 79.0 Å². The normalized spacial score (nSPS) is 11.1. The average molecular weight is 554 g/mol. The molecule has 2 heterocycles. The zero-order chi connectivity index (χ0) is 28.6. The van der Waals surface area contributed by atoms with Gasteiger partial charge in [0.05, 0.1) is 18.1 Å². The molecule has 3 aromatic carbocycles. The van der Waals surface area contributed by atoms with Crippen LogP contribution in [0, 0.1) is 5.82 Å². The second-order valence-corrected chi connectivity index (χ2v) is 9.47. The predicted molar refractivity (Wildman–Crippen MR) is 159 cm³/mol. The molecule has 10 heteroatoms. The summed E-state index contributed by atoms with van der Waals surface area (Å²) in [6.45, 7) is 7.11. The summed E-state index contributed by atoms with van der Waals surface area (Å²) >= 11 is 0. The van der Waals surface area contributed by atoms with E-state index in [-0.39, 0.29) is 24.2 Å². The molecule has 5 rings (SSSR count). The highest BCUT2D eigenvalue weighted by molar-refractivity contribution is 6.01. The first kappa shape index (κ1) is 27.7. The fraction of sp³-hybridized carbons (Fsp3) is 0.226. The van der Waals surface area contributed by atoms with Crippen molar-refractivity contribution in [2.45, 2.75) is 20.3 Å². The molecular weight excluding hydrogens is 521 g/mol.